The second-order valence-electron chi connectivity index (χ2n) is 6.57. The molecule has 3 rings (SSSR count). The Labute approximate surface area is 149 Å². The molecule has 2 atom stereocenters. The molecule has 140 valence electrons. The summed E-state index contributed by atoms with van der Waals surface area (Å²) in [6.07, 6.45) is -3.17. The zero-order valence-corrected chi connectivity index (χ0v) is 14.7. The first-order valence-corrected chi connectivity index (χ1v) is 8.34. The summed E-state index contributed by atoms with van der Waals surface area (Å²) in [6.45, 7) is 6.41. The van der Waals surface area contributed by atoms with Gasteiger partial charge in [0.05, 0.1) is 40.9 Å². The van der Waals surface area contributed by atoms with Gasteiger partial charge in [0.2, 0.25) is 0 Å². The zero-order chi connectivity index (χ0) is 19.1. The van der Waals surface area contributed by atoms with Gasteiger partial charge in [0.15, 0.2) is 0 Å². The Balaban J connectivity index is 1.90. The van der Waals surface area contributed by atoms with E-state index in [1.54, 1.807) is 11.8 Å². The number of carbonyl (C=O) groups excluding carboxylic acids is 1. The number of amides is 1. The van der Waals surface area contributed by atoms with Crippen molar-refractivity contribution in [1.29, 1.82) is 0 Å². The molecule has 1 amide bonds. The molecule has 2 unspecified atom stereocenters. The number of hydrogen-bond donors (Lipinski definition) is 0. The Bertz CT molecular complexity index is 806. The Kier molecular flexibility index (Phi) is 4.79. The molecule has 1 saturated heterocycles. The van der Waals surface area contributed by atoms with E-state index < -0.39 is 11.7 Å². The van der Waals surface area contributed by atoms with E-state index in [1.165, 1.54) is 23.0 Å². The minimum atomic E-state index is -4.43. The van der Waals surface area contributed by atoms with Gasteiger partial charge in [0.25, 0.3) is 5.91 Å². The number of morpholine rings is 1. The highest BCUT2D eigenvalue weighted by atomic mass is 19.4. The van der Waals surface area contributed by atoms with Gasteiger partial charge in [-0.1, -0.05) is 6.07 Å². The molecule has 2 aromatic rings. The summed E-state index contributed by atoms with van der Waals surface area (Å²) in [6, 6.07) is 4.88. The van der Waals surface area contributed by atoms with Gasteiger partial charge in [-0.05, 0) is 39.0 Å². The molecule has 0 N–H and O–H groups in total. The summed E-state index contributed by atoms with van der Waals surface area (Å²) in [5.74, 6) is -0.192. The number of ether oxygens (including phenoxy) is 1. The molecule has 2 heterocycles. The molecule has 1 aliphatic rings. The van der Waals surface area contributed by atoms with Gasteiger partial charge in [-0.25, -0.2) is 4.68 Å². The lowest BCUT2D eigenvalue weighted by Gasteiger charge is -2.35. The van der Waals surface area contributed by atoms with Crippen LogP contribution in [0, 0.1) is 6.92 Å². The Morgan fingerprint density at radius 1 is 1.23 bits per heavy atom. The van der Waals surface area contributed by atoms with Crippen LogP contribution in [0.5, 0.6) is 0 Å². The minimum absolute atomic E-state index is 0.0680. The molecule has 0 bridgehead atoms. The van der Waals surface area contributed by atoms with E-state index in [0.717, 1.165) is 12.1 Å². The lowest BCUT2D eigenvalue weighted by molar-refractivity contribution is -0.137. The van der Waals surface area contributed by atoms with Crippen LogP contribution in [0.2, 0.25) is 0 Å². The summed E-state index contributed by atoms with van der Waals surface area (Å²) in [4.78, 5) is 14.5. The fourth-order valence-electron chi connectivity index (χ4n) is 3.21. The van der Waals surface area contributed by atoms with Crippen LogP contribution in [0.15, 0.2) is 30.5 Å². The van der Waals surface area contributed by atoms with Crippen molar-refractivity contribution in [1.82, 2.24) is 14.7 Å². The maximum Gasteiger partial charge on any atom is 0.416 e. The molecule has 1 fully saturated rings. The molecule has 0 aliphatic carbocycles. The minimum Gasteiger partial charge on any atom is -0.372 e. The second kappa shape index (κ2) is 6.75. The summed E-state index contributed by atoms with van der Waals surface area (Å²) in [5, 5.41) is 4.13. The van der Waals surface area contributed by atoms with E-state index in [-0.39, 0.29) is 23.8 Å². The third-order valence-electron chi connectivity index (χ3n) is 4.37. The standard InChI is InChI=1S/C18H20F3N3O2/c1-11-9-23(10-12(2)26-11)17(25)16-8-22-24(13(16)3)15-6-4-5-14(7-15)18(19,20)21/h4-8,11-12H,9-10H2,1-3H3. The van der Waals surface area contributed by atoms with E-state index in [9.17, 15) is 18.0 Å². The molecular formula is C18H20F3N3O2. The van der Waals surface area contributed by atoms with Crippen LogP contribution in [0.1, 0.15) is 35.5 Å². The molecular weight excluding hydrogens is 347 g/mol. The van der Waals surface area contributed by atoms with Crippen molar-refractivity contribution in [3.8, 4) is 5.69 Å². The van der Waals surface area contributed by atoms with Gasteiger partial charge in [0, 0.05) is 13.1 Å². The van der Waals surface area contributed by atoms with Crippen molar-refractivity contribution in [2.45, 2.75) is 39.2 Å². The number of alkyl halides is 3. The number of hydrogen-bond acceptors (Lipinski definition) is 3. The molecule has 1 aromatic heterocycles. The average molecular weight is 367 g/mol. The number of carbonyl (C=O) groups is 1. The summed E-state index contributed by atoms with van der Waals surface area (Å²) >= 11 is 0. The van der Waals surface area contributed by atoms with Gasteiger partial charge in [-0.15, -0.1) is 0 Å². The largest absolute Gasteiger partial charge is 0.416 e. The smallest absolute Gasteiger partial charge is 0.372 e. The van der Waals surface area contributed by atoms with Gasteiger partial charge in [0.1, 0.15) is 0 Å². The van der Waals surface area contributed by atoms with Gasteiger partial charge >= 0.3 is 6.18 Å². The highest BCUT2D eigenvalue weighted by Crippen LogP contribution is 2.30. The molecule has 5 nitrogen and oxygen atoms in total. The first-order chi connectivity index (χ1) is 12.2. The number of nitrogens with zero attached hydrogens (tertiary/aromatic N) is 3. The van der Waals surface area contributed by atoms with Crippen LogP contribution in [0.25, 0.3) is 5.69 Å². The van der Waals surface area contributed by atoms with Crippen molar-refractivity contribution in [3.63, 3.8) is 0 Å². The van der Waals surface area contributed by atoms with Crippen LogP contribution >= 0.6 is 0 Å². The van der Waals surface area contributed by atoms with Gasteiger partial charge in [-0.2, -0.15) is 18.3 Å². The van der Waals surface area contributed by atoms with E-state index in [2.05, 4.69) is 5.10 Å². The van der Waals surface area contributed by atoms with Crippen molar-refractivity contribution in [2.75, 3.05) is 13.1 Å². The third kappa shape index (κ3) is 3.60. The summed E-state index contributed by atoms with van der Waals surface area (Å²) < 4.78 is 45.8. The van der Waals surface area contributed by atoms with E-state index >= 15 is 0 Å². The molecule has 0 radical (unpaired) electrons. The number of rotatable bonds is 2. The number of halogens is 3. The Morgan fingerprint density at radius 2 is 1.88 bits per heavy atom. The molecule has 8 heteroatoms. The SMILES string of the molecule is Cc1c(C(=O)N2CC(C)OC(C)C2)cnn1-c1cccc(C(F)(F)F)c1. The monoisotopic (exact) mass is 367 g/mol. The highest BCUT2D eigenvalue weighted by Gasteiger charge is 2.31. The summed E-state index contributed by atoms with van der Waals surface area (Å²) in [7, 11) is 0. The lowest BCUT2D eigenvalue weighted by atomic mass is 10.1. The fourth-order valence-corrected chi connectivity index (χ4v) is 3.21. The first-order valence-electron chi connectivity index (χ1n) is 8.34. The molecule has 1 aromatic carbocycles. The third-order valence-corrected chi connectivity index (χ3v) is 4.37. The molecule has 0 spiro atoms. The second-order valence-corrected chi connectivity index (χ2v) is 6.57. The first kappa shape index (κ1) is 18.4. The number of aromatic nitrogens is 2. The topological polar surface area (TPSA) is 47.4 Å². The quantitative estimate of drug-likeness (QED) is 0.817. The predicted molar refractivity (Wildman–Crippen MR) is 89.2 cm³/mol. The predicted octanol–water partition coefficient (Wildman–Crippen LogP) is 3.45. The molecule has 1 aliphatic heterocycles. The molecule has 0 saturated carbocycles. The number of benzene rings is 1. The van der Waals surface area contributed by atoms with Crippen molar-refractivity contribution in [3.05, 3.63) is 47.3 Å². The van der Waals surface area contributed by atoms with E-state index in [1.807, 2.05) is 13.8 Å². The van der Waals surface area contributed by atoms with Crippen molar-refractivity contribution < 1.29 is 22.7 Å². The van der Waals surface area contributed by atoms with E-state index in [4.69, 9.17) is 4.74 Å². The van der Waals surface area contributed by atoms with Crippen molar-refractivity contribution in [2.24, 2.45) is 0 Å². The highest BCUT2D eigenvalue weighted by molar-refractivity contribution is 5.95. The van der Waals surface area contributed by atoms with Crippen LogP contribution in [-0.4, -0.2) is 45.9 Å². The Hall–Kier alpha value is -2.35. The zero-order valence-electron chi connectivity index (χ0n) is 14.7. The summed E-state index contributed by atoms with van der Waals surface area (Å²) in [5.41, 5.74) is 0.388. The maximum absolute atomic E-state index is 12.9. The fraction of sp³-hybridized carbons (Fsp3) is 0.444. The van der Waals surface area contributed by atoms with Crippen LogP contribution in [0.4, 0.5) is 13.2 Å². The van der Waals surface area contributed by atoms with Crippen LogP contribution < -0.4 is 0 Å². The normalized spacial score (nSPS) is 21.1. The maximum atomic E-state index is 12.9. The van der Waals surface area contributed by atoms with Crippen LogP contribution in [-0.2, 0) is 10.9 Å². The van der Waals surface area contributed by atoms with E-state index in [0.29, 0.717) is 24.3 Å². The average Bonchev–Trinajstić information content (AvgIpc) is 2.94. The van der Waals surface area contributed by atoms with Crippen molar-refractivity contribution >= 4 is 5.91 Å². The molecule has 26 heavy (non-hydrogen) atoms. The van der Waals surface area contributed by atoms with Gasteiger partial charge in [-0.3, -0.25) is 4.79 Å². The van der Waals surface area contributed by atoms with Crippen LogP contribution in [0.3, 0.4) is 0 Å². The Morgan fingerprint density at radius 3 is 2.50 bits per heavy atom. The van der Waals surface area contributed by atoms with Gasteiger partial charge < -0.3 is 9.64 Å². The lowest BCUT2D eigenvalue weighted by Crippen LogP contribution is -2.48.